The van der Waals surface area contributed by atoms with Gasteiger partial charge in [-0.3, -0.25) is 24.3 Å². The summed E-state index contributed by atoms with van der Waals surface area (Å²) in [5.74, 6) is -1.98. The summed E-state index contributed by atoms with van der Waals surface area (Å²) in [6, 6.07) is 14.3. The number of ketones is 1. The number of nitrogens with one attached hydrogen (secondary N) is 1. The van der Waals surface area contributed by atoms with Crippen molar-refractivity contribution in [2.75, 3.05) is 10.2 Å². The van der Waals surface area contributed by atoms with Gasteiger partial charge in [0.15, 0.2) is 5.76 Å². The summed E-state index contributed by atoms with van der Waals surface area (Å²) in [7, 11) is 0. The average Bonchev–Trinajstić information content (AvgIpc) is 3.36. The third-order valence-corrected chi connectivity index (χ3v) is 5.48. The minimum atomic E-state index is -0.902. The summed E-state index contributed by atoms with van der Waals surface area (Å²) in [5.41, 5.74) is 1.33. The quantitative estimate of drug-likeness (QED) is 0.612. The summed E-state index contributed by atoms with van der Waals surface area (Å²) in [4.78, 5) is 43.7. The van der Waals surface area contributed by atoms with E-state index in [1.807, 2.05) is 0 Å². The molecule has 4 rings (SSSR count). The van der Waals surface area contributed by atoms with Crippen LogP contribution in [0.4, 0.5) is 11.4 Å². The summed E-state index contributed by atoms with van der Waals surface area (Å²) in [5, 5.41) is 15.1. The highest BCUT2D eigenvalue weighted by molar-refractivity contribution is 7.12. The van der Waals surface area contributed by atoms with Gasteiger partial charge >= 0.3 is 0 Å². The van der Waals surface area contributed by atoms with Crippen molar-refractivity contribution in [2.45, 2.75) is 13.0 Å². The molecule has 0 saturated heterocycles. The second-order valence-electron chi connectivity index (χ2n) is 6.63. The number of nitrogens with zero attached hydrogens (tertiary/aromatic N) is 2. The molecule has 0 spiro atoms. The molecule has 7 nitrogen and oxygen atoms in total. The normalized spacial score (nSPS) is 16.1. The Balaban J connectivity index is 1.84. The van der Waals surface area contributed by atoms with Crippen LogP contribution in [-0.2, 0) is 9.59 Å². The summed E-state index contributed by atoms with van der Waals surface area (Å²) in [6.45, 7) is 1.38. The van der Waals surface area contributed by atoms with Crippen LogP contribution in [0.1, 0.15) is 28.3 Å². The van der Waals surface area contributed by atoms with Crippen molar-refractivity contribution < 1.29 is 19.5 Å². The summed E-state index contributed by atoms with van der Waals surface area (Å²) >= 11 is 1.23. The molecule has 150 valence electrons. The zero-order valence-corrected chi connectivity index (χ0v) is 16.7. The minimum absolute atomic E-state index is 0.0221. The molecule has 0 aliphatic carbocycles. The third-order valence-electron chi connectivity index (χ3n) is 4.61. The lowest BCUT2D eigenvalue weighted by molar-refractivity contribution is -0.117. The smallest absolute Gasteiger partial charge is 0.294 e. The van der Waals surface area contributed by atoms with Gasteiger partial charge in [0.1, 0.15) is 6.04 Å². The number of carbonyl (C=O) groups excluding carboxylic acids is 3. The molecule has 1 unspecified atom stereocenters. The standard InChI is InChI=1S/C22H17N3O4S/c1-13(26)24-14-6-4-7-15(12-14)25-19(16-8-2-3-10-23-16)18(21(28)22(25)29)20(27)17-9-5-11-30-17/h2-12,19,28H,1H3,(H,24,26). The van der Waals surface area contributed by atoms with Crippen LogP contribution >= 0.6 is 11.3 Å². The van der Waals surface area contributed by atoms with E-state index < -0.39 is 23.5 Å². The van der Waals surface area contributed by atoms with E-state index in [0.29, 0.717) is 21.9 Å². The number of anilines is 2. The van der Waals surface area contributed by atoms with Gasteiger partial charge in [-0.1, -0.05) is 18.2 Å². The zero-order chi connectivity index (χ0) is 21.3. The zero-order valence-electron chi connectivity index (χ0n) is 15.9. The van der Waals surface area contributed by atoms with Crippen molar-refractivity contribution >= 4 is 40.3 Å². The molecule has 1 aliphatic rings. The van der Waals surface area contributed by atoms with Crippen molar-refractivity contribution in [2.24, 2.45) is 0 Å². The van der Waals surface area contributed by atoms with Crippen molar-refractivity contribution in [3.8, 4) is 0 Å². The molecule has 2 N–H and O–H groups in total. The topological polar surface area (TPSA) is 99.6 Å². The van der Waals surface area contributed by atoms with Gasteiger partial charge in [-0.05, 0) is 41.8 Å². The van der Waals surface area contributed by atoms with Crippen LogP contribution in [0.15, 0.2) is 77.5 Å². The van der Waals surface area contributed by atoms with E-state index in [1.165, 1.54) is 23.2 Å². The molecule has 3 heterocycles. The first-order valence-electron chi connectivity index (χ1n) is 9.11. The number of aliphatic hydroxyl groups is 1. The molecule has 2 aromatic heterocycles. The fourth-order valence-corrected chi connectivity index (χ4v) is 4.08. The Morgan fingerprint density at radius 3 is 2.63 bits per heavy atom. The Hall–Kier alpha value is -3.78. The van der Waals surface area contributed by atoms with E-state index in [2.05, 4.69) is 10.3 Å². The molecule has 8 heteroatoms. The van der Waals surface area contributed by atoms with Gasteiger partial charge in [0.25, 0.3) is 5.91 Å². The number of hydrogen-bond donors (Lipinski definition) is 2. The van der Waals surface area contributed by atoms with Crippen LogP contribution < -0.4 is 10.2 Å². The SMILES string of the molecule is CC(=O)Nc1cccc(N2C(=O)C(O)=C(C(=O)c3cccs3)C2c2ccccn2)c1. The number of rotatable bonds is 5. The molecular formula is C22H17N3O4S. The van der Waals surface area contributed by atoms with Gasteiger partial charge in [0, 0.05) is 24.5 Å². The van der Waals surface area contributed by atoms with Crippen LogP contribution in [0, 0.1) is 0 Å². The number of aromatic nitrogens is 1. The number of hydrogen-bond acceptors (Lipinski definition) is 6. The molecule has 0 bridgehead atoms. The highest BCUT2D eigenvalue weighted by Gasteiger charge is 2.45. The number of Topliss-reactive ketones (excluding diaryl/α,β-unsaturated/α-hetero) is 1. The largest absolute Gasteiger partial charge is 0.503 e. The van der Waals surface area contributed by atoms with Gasteiger partial charge in [0.05, 0.1) is 16.1 Å². The predicted octanol–water partition coefficient (Wildman–Crippen LogP) is 3.88. The Labute approximate surface area is 176 Å². The fraction of sp³-hybridized carbons (Fsp3) is 0.0909. The van der Waals surface area contributed by atoms with Gasteiger partial charge in [-0.25, -0.2) is 0 Å². The summed E-state index contributed by atoms with van der Waals surface area (Å²) < 4.78 is 0. The van der Waals surface area contributed by atoms with E-state index in [4.69, 9.17) is 0 Å². The highest BCUT2D eigenvalue weighted by atomic mass is 32.1. The average molecular weight is 419 g/mol. The van der Waals surface area contributed by atoms with Crippen molar-refractivity contribution in [3.63, 3.8) is 0 Å². The highest BCUT2D eigenvalue weighted by Crippen LogP contribution is 2.42. The Bertz CT molecular complexity index is 1160. The van der Waals surface area contributed by atoms with E-state index >= 15 is 0 Å². The fourth-order valence-electron chi connectivity index (χ4n) is 3.40. The van der Waals surface area contributed by atoms with Gasteiger partial charge in [-0.15, -0.1) is 11.3 Å². The molecule has 0 radical (unpaired) electrons. The van der Waals surface area contributed by atoms with Gasteiger partial charge in [0.2, 0.25) is 11.7 Å². The van der Waals surface area contributed by atoms with E-state index in [0.717, 1.165) is 0 Å². The molecule has 1 aliphatic heterocycles. The molecule has 0 saturated carbocycles. The first-order chi connectivity index (χ1) is 14.5. The minimum Gasteiger partial charge on any atom is -0.503 e. The first-order valence-corrected chi connectivity index (χ1v) is 9.99. The van der Waals surface area contributed by atoms with Crippen LogP contribution in [0.3, 0.4) is 0 Å². The van der Waals surface area contributed by atoms with Crippen molar-refractivity contribution in [1.29, 1.82) is 0 Å². The molecule has 30 heavy (non-hydrogen) atoms. The van der Waals surface area contributed by atoms with Gasteiger partial charge in [-0.2, -0.15) is 0 Å². The second-order valence-corrected chi connectivity index (χ2v) is 7.58. The predicted molar refractivity (Wildman–Crippen MR) is 114 cm³/mol. The summed E-state index contributed by atoms with van der Waals surface area (Å²) in [6.07, 6.45) is 1.56. The molecule has 2 amide bonds. The maximum Gasteiger partial charge on any atom is 0.294 e. The number of aliphatic hydroxyl groups excluding tert-OH is 1. The maximum absolute atomic E-state index is 13.2. The van der Waals surface area contributed by atoms with Gasteiger partial charge < -0.3 is 10.4 Å². The molecule has 3 aromatic rings. The lowest BCUT2D eigenvalue weighted by Gasteiger charge is -2.26. The lowest BCUT2D eigenvalue weighted by Crippen LogP contribution is -2.31. The number of pyridine rings is 1. The van der Waals surface area contributed by atoms with Crippen LogP contribution in [0.5, 0.6) is 0 Å². The van der Waals surface area contributed by atoms with Crippen LogP contribution in [-0.4, -0.2) is 27.7 Å². The first kappa shape index (κ1) is 19.5. The number of benzene rings is 1. The second kappa shape index (κ2) is 7.92. The lowest BCUT2D eigenvalue weighted by atomic mass is 9.98. The third kappa shape index (κ3) is 3.48. The van der Waals surface area contributed by atoms with E-state index in [-0.39, 0.29) is 11.5 Å². The maximum atomic E-state index is 13.2. The molecule has 1 atom stereocenters. The van der Waals surface area contributed by atoms with Crippen LogP contribution in [0.2, 0.25) is 0 Å². The van der Waals surface area contributed by atoms with E-state index in [1.54, 1.807) is 66.2 Å². The molecular weight excluding hydrogens is 402 g/mol. The number of amides is 2. The Morgan fingerprint density at radius 2 is 1.97 bits per heavy atom. The monoisotopic (exact) mass is 419 g/mol. The van der Waals surface area contributed by atoms with Crippen molar-refractivity contribution in [3.05, 3.63) is 88.1 Å². The Kier molecular flexibility index (Phi) is 5.16. The van der Waals surface area contributed by atoms with Crippen LogP contribution in [0.25, 0.3) is 0 Å². The Morgan fingerprint density at radius 1 is 1.13 bits per heavy atom. The molecule has 0 fully saturated rings. The number of carbonyl (C=O) groups is 3. The number of thiophene rings is 1. The van der Waals surface area contributed by atoms with E-state index in [9.17, 15) is 19.5 Å². The van der Waals surface area contributed by atoms with Crippen molar-refractivity contribution in [1.82, 2.24) is 4.98 Å². The molecule has 1 aromatic carbocycles.